The van der Waals surface area contributed by atoms with Crippen LogP contribution in [0.4, 0.5) is 0 Å². The monoisotopic (exact) mass is 238 g/mol. The topological polar surface area (TPSA) is 42.6 Å². The van der Waals surface area contributed by atoms with Crippen LogP contribution >= 0.6 is 11.6 Å². The second-order valence-corrected chi connectivity index (χ2v) is 3.64. The summed E-state index contributed by atoms with van der Waals surface area (Å²) in [5.74, 6) is 0.618. The number of benzene rings is 1. The van der Waals surface area contributed by atoms with Crippen LogP contribution in [0.3, 0.4) is 0 Å². The summed E-state index contributed by atoms with van der Waals surface area (Å²) in [6.45, 7) is 0. The van der Waals surface area contributed by atoms with Crippen LogP contribution in [0.1, 0.15) is 17.2 Å². The van der Waals surface area contributed by atoms with E-state index in [4.69, 9.17) is 20.8 Å². The first-order valence-electron chi connectivity index (χ1n) is 4.78. The molecule has 1 aromatic heterocycles. The second-order valence-electron chi connectivity index (χ2n) is 3.29. The van der Waals surface area contributed by atoms with Gasteiger partial charge in [-0.25, -0.2) is 0 Å². The summed E-state index contributed by atoms with van der Waals surface area (Å²) in [7, 11) is 1.56. The Balaban J connectivity index is 2.41. The van der Waals surface area contributed by atoms with E-state index in [0.29, 0.717) is 16.9 Å². The summed E-state index contributed by atoms with van der Waals surface area (Å²) in [5.41, 5.74) is 1.19. The molecule has 4 heteroatoms. The van der Waals surface area contributed by atoms with Crippen molar-refractivity contribution in [2.45, 2.75) is 6.10 Å². The molecule has 0 saturated carbocycles. The second kappa shape index (κ2) is 4.60. The number of methoxy groups -OCH3 is 1. The largest absolute Gasteiger partial charge is 0.496 e. The first kappa shape index (κ1) is 11.0. The highest BCUT2D eigenvalue weighted by Gasteiger charge is 2.19. The average molecular weight is 239 g/mol. The zero-order valence-corrected chi connectivity index (χ0v) is 9.44. The molecular weight excluding hydrogens is 228 g/mol. The maximum Gasteiger partial charge on any atom is 0.199 e. The summed E-state index contributed by atoms with van der Waals surface area (Å²) in [5, 5.41) is 10.3. The number of aliphatic hydroxyl groups is 1. The van der Waals surface area contributed by atoms with Crippen molar-refractivity contribution < 1.29 is 14.3 Å². The molecule has 0 radical (unpaired) electrons. The fourth-order valence-corrected chi connectivity index (χ4v) is 1.78. The molecule has 0 amide bonds. The molecule has 16 heavy (non-hydrogen) atoms. The van der Waals surface area contributed by atoms with Gasteiger partial charge in [0.2, 0.25) is 0 Å². The number of ether oxygens (including phenoxy) is 1. The Morgan fingerprint density at radius 1 is 1.25 bits per heavy atom. The highest BCUT2D eigenvalue weighted by molar-refractivity contribution is 6.29. The Bertz CT molecular complexity index is 479. The minimum Gasteiger partial charge on any atom is -0.496 e. The molecule has 0 saturated heterocycles. The van der Waals surface area contributed by atoms with Crippen molar-refractivity contribution in [3.8, 4) is 5.75 Å². The molecular formula is C12H11ClO3. The molecule has 0 spiro atoms. The van der Waals surface area contributed by atoms with Crippen molar-refractivity contribution >= 4 is 11.6 Å². The van der Waals surface area contributed by atoms with E-state index < -0.39 is 6.10 Å². The van der Waals surface area contributed by atoms with E-state index >= 15 is 0 Å². The molecule has 2 aromatic rings. The number of aliphatic hydroxyl groups excluding tert-OH is 1. The molecule has 0 aliphatic rings. The molecule has 0 bridgehead atoms. The SMILES string of the molecule is COc1ccccc1C(O)c1ccoc1Cl. The van der Waals surface area contributed by atoms with Gasteiger partial charge in [-0.3, -0.25) is 0 Å². The van der Waals surface area contributed by atoms with Crippen LogP contribution in [0.5, 0.6) is 5.75 Å². The summed E-state index contributed by atoms with van der Waals surface area (Å²) in [6, 6.07) is 8.87. The number of furan rings is 1. The molecule has 0 aliphatic carbocycles. The smallest absolute Gasteiger partial charge is 0.199 e. The van der Waals surface area contributed by atoms with Crippen molar-refractivity contribution in [1.82, 2.24) is 0 Å². The molecule has 1 atom stereocenters. The minimum atomic E-state index is -0.845. The average Bonchev–Trinajstić information content (AvgIpc) is 2.74. The molecule has 1 N–H and O–H groups in total. The van der Waals surface area contributed by atoms with Crippen LogP contribution in [-0.2, 0) is 0 Å². The number of halogens is 1. The van der Waals surface area contributed by atoms with Crippen molar-refractivity contribution in [2.24, 2.45) is 0 Å². The van der Waals surface area contributed by atoms with Gasteiger partial charge in [-0.05, 0) is 23.7 Å². The van der Waals surface area contributed by atoms with Gasteiger partial charge in [0, 0.05) is 11.1 Å². The van der Waals surface area contributed by atoms with Crippen molar-refractivity contribution in [3.05, 3.63) is 52.9 Å². The van der Waals surface area contributed by atoms with Crippen molar-refractivity contribution in [1.29, 1.82) is 0 Å². The van der Waals surface area contributed by atoms with Crippen molar-refractivity contribution in [3.63, 3.8) is 0 Å². The molecule has 1 heterocycles. The van der Waals surface area contributed by atoms with Crippen LogP contribution in [0.25, 0.3) is 0 Å². The van der Waals surface area contributed by atoms with Crippen LogP contribution < -0.4 is 4.74 Å². The third-order valence-corrected chi connectivity index (χ3v) is 2.68. The number of rotatable bonds is 3. The van der Waals surface area contributed by atoms with E-state index in [2.05, 4.69) is 0 Å². The fraction of sp³-hybridized carbons (Fsp3) is 0.167. The minimum absolute atomic E-state index is 0.193. The van der Waals surface area contributed by atoms with E-state index in [9.17, 15) is 5.11 Å². The maximum absolute atomic E-state index is 10.1. The standard InChI is InChI=1S/C12H11ClO3/c1-15-10-5-3-2-4-8(10)11(14)9-6-7-16-12(9)13/h2-7,11,14H,1H3. The maximum atomic E-state index is 10.1. The lowest BCUT2D eigenvalue weighted by atomic mass is 10.0. The first-order chi connectivity index (χ1) is 7.74. The Morgan fingerprint density at radius 2 is 2.00 bits per heavy atom. The van der Waals surface area contributed by atoms with Crippen LogP contribution in [-0.4, -0.2) is 12.2 Å². The van der Waals surface area contributed by atoms with Crippen molar-refractivity contribution in [2.75, 3.05) is 7.11 Å². The lowest BCUT2D eigenvalue weighted by molar-refractivity contribution is 0.214. The van der Waals surface area contributed by atoms with E-state index in [0.717, 1.165) is 0 Å². The highest BCUT2D eigenvalue weighted by atomic mass is 35.5. The van der Waals surface area contributed by atoms with Crippen LogP contribution in [0, 0.1) is 0 Å². The third-order valence-electron chi connectivity index (χ3n) is 2.37. The molecule has 2 rings (SSSR count). The van der Waals surface area contributed by atoms with E-state index in [-0.39, 0.29) is 5.22 Å². The molecule has 0 aliphatic heterocycles. The summed E-state index contributed by atoms with van der Waals surface area (Å²) >= 11 is 5.81. The van der Waals surface area contributed by atoms with Gasteiger partial charge < -0.3 is 14.3 Å². The Morgan fingerprint density at radius 3 is 2.62 bits per heavy atom. The Kier molecular flexibility index (Phi) is 3.17. The predicted octanol–water partition coefficient (Wildman–Crippen LogP) is 3.02. The highest BCUT2D eigenvalue weighted by Crippen LogP contribution is 2.33. The summed E-state index contributed by atoms with van der Waals surface area (Å²) < 4.78 is 10.1. The third kappa shape index (κ3) is 1.92. The number of para-hydroxylation sites is 1. The van der Waals surface area contributed by atoms with Crippen LogP contribution in [0.15, 0.2) is 41.0 Å². The van der Waals surface area contributed by atoms with Crippen LogP contribution in [0.2, 0.25) is 5.22 Å². The zero-order chi connectivity index (χ0) is 11.5. The molecule has 0 fully saturated rings. The number of hydrogen-bond acceptors (Lipinski definition) is 3. The van der Waals surface area contributed by atoms with Gasteiger partial charge in [-0.2, -0.15) is 0 Å². The Labute approximate surface area is 98.2 Å². The normalized spacial score (nSPS) is 12.4. The fourth-order valence-electron chi connectivity index (χ4n) is 1.56. The molecule has 3 nitrogen and oxygen atoms in total. The lowest BCUT2D eigenvalue weighted by Crippen LogP contribution is -2.01. The van der Waals surface area contributed by atoms with Gasteiger partial charge in [-0.15, -0.1) is 0 Å². The van der Waals surface area contributed by atoms with E-state index in [1.54, 1.807) is 25.3 Å². The van der Waals surface area contributed by atoms with E-state index in [1.807, 2.05) is 12.1 Å². The molecule has 1 unspecified atom stereocenters. The number of hydrogen-bond donors (Lipinski definition) is 1. The van der Waals surface area contributed by atoms with Gasteiger partial charge >= 0.3 is 0 Å². The van der Waals surface area contributed by atoms with Gasteiger partial charge in [0.25, 0.3) is 0 Å². The van der Waals surface area contributed by atoms with Gasteiger partial charge in [0.15, 0.2) is 5.22 Å². The zero-order valence-electron chi connectivity index (χ0n) is 8.68. The lowest BCUT2D eigenvalue weighted by Gasteiger charge is -2.13. The predicted molar refractivity (Wildman–Crippen MR) is 60.8 cm³/mol. The Hall–Kier alpha value is -1.45. The first-order valence-corrected chi connectivity index (χ1v) is 5.15. The van der Waals surface area contributed by atoms with Gasteiger partial charge in [0.05, 0.1) is 13.4 Å². The van der Waals surface area contributed by atoms with Gasteiger partial charge in [-0.1, -0.05) is 18.2 Å². The summed E-state index contributed by atoms with van der Waals surface area (Å²) in [6.07, 6.45) is 0.596. The molecule has 1 aromatic carbocycles. The van der Waals surface area contributed by atoms with E-state index in [1.165, 1.54) is 6.26 Å². The summed E-state index contributed by atoms with van der Waals surface area (Å²) in [4.78, 5) is 0. The molecule has 84 valence electrons. The van der Waals surface area contributed by atoms with Gasteiger partial charge in [0.1, 0.15) is 11.9 Å². The quantitative estimate of drug-likeness (QED) is 0.894.